The quantitative estimate of drug-likeness (QED) is 0.711. The van der Waals surface area contributed by atoms with Crippen LogP contribution in [0.15, 0.2) is 59.0 Å². The summed E-state index contributed by atoms with van der Waals surface area (Å²) in [5.41, 5.74) is 7.26. The molecule has 0 saturated carbocycles. The lowest BCUT2D eigenvalue weighted by molar-refractivity contribution is -0.123. The number of benzene rings is 2. The van der Waals surface area contributed by atoms with E-state index in [4.69, 9.17) is 21.8 Å². The molecule has 2 heterocycles. The number of halogens is 1. The van der Waals surface area contributed by atoms with Gasteiger partial charge in [-0.05, 0) is 43.6 Å². The van der Waals surface area contributed by atoms with E-state index in [0.717, 1.165) is 31.5 Å². The second kappa shape index (κ2) is 8.12. The van der Waals surface area contributed by atoms with Crippen LogP contribution in [-0.2, 0) is 4.79 Å². The lowest BCUT2D eigenvalue weighted by atomic mass is 9.93. The second-order valence-electron chi connectivity index (χ2n) is 6.95. The molecule has 1 amide bonds. The molecule has 1 aliphatic heterocycles. The second-order valence-corrected chi connectivity index (χ2v) is 7.36. The number of nitrogens with zero attached hydrogens (tertiary/aromatic N) is 3. The van der Waals surface area contributed by atoms with Crippen LogP contribution in [0.2, 0.25) is 5.02 Å². The van der Waals surface area contributed by atoms with Gasteiger partial charge in [0, 0.05) is 5.92 Å². The lowest BCUT2D eigenvalue weighted by Gasteiger charge is -2.35. The SMILES string of the molecule is NC(=O)C1CCN([C@H](c2ccccc2)c2nnc(-c3ccccc3Cl)o2)CC1. The van der Waals surface area contributed by atoms with Gasteiger partial charge in [-0.15, -0.1) is 10.2 Å². The van der Waals surface area contributed by atoms with Crippen molar-refractivity contribution in [1.82, 2.24) is 15.1 Å². The highest BCUT2D eigenvalue weighted by Crippen LogP contribution is 2.34. The van der Waals surface area contributed by atoms with Gasteiger partial charge in [0.25, 0.3) is 0 Å². The Morgan fingerprint density at radius 1 is 1.07 bits per heavy atom. The first-order valence-corrected chi connectivity index (χ1v) is 9.68. The molecule has 1 aromatic heterocycles. The largest absolute Gasteiger partial charge is 0.419 e. The van der Waals surface area contributed by atoms with E-state index < -0.39 is 0 Å². The normalized spacial score (nSPS) is 16.8. The van der Waals surface area contributed by atoms with Crippen LogP contribution in [0.1, 0.15) is 30.3 Å². The maximum atomic E-state index is 11.5. The van der Waals surface area contributed by atoms with Crippen LogP contribution in [0.3, 0.4) is 0 Å². The highest BCUT2D eigenvalue weighted by molar-refractivity contribution is 6.33. The number of piperidine rings is 1. The number of primary amides is 1. The number of hydrogen-bond acceptors (Lipinski definition) is 5. The molecule has 7 heteroatoms. The number of hydrogen-bond donors (Lipinski definition) is 1. The summed E-state index contributed by atoms with van der Waals surface area (Å²) in [6.45, 7) is 1.47. The molecule has 4 rings (SSSR count). The molecule has 0 spiro atoms. The van der Waals surface area contributed by atoms with E-state index in [2.05, 4.69) is 15.1 Å². The molecule has 1 atom stereocenters. The lowest BCUT2D eigenvalue weighted by Crippen LogP contribution is -2.40. The van der Waals surface area contributed by atoms with Crippen molar-refractivity contribution in [3.05, 3.63) is 71.1 Å². The molecule has 3 aromatic rings. The van der Waals surface area contributed by atoms with Crippen molar-refractivity contribution in [2.75, 3.05) is 13.1 Å². The molecule has 0 radical (unpaired) electrons. The van der Waals surface area contributed by atoms with Gasteiger partial charge in [0.05, 0.1) is 10.6 Å². The van der Waals surface area contributed by atoms with Crippen LogP contribution in [0.5, 0.6) is 0 Å². The predicted octanol–water partition coefficient (Wildman–Crippen LogP) is 3.68. The fourth-order valence-electron chi connectivity index (χ4n) is 3.68. The van der Waals surface area contributed by atoms with Crippen molar-refractivity contribution < 1.29 is 9.21 Å². The maximum absolute atomic E-state index is 11.5. The molecule has 0 unspecified atom stereocenters. The number of nitrogens with two attached hydrogens (primary N) is 1. The number of amides is 1. The zero-order valence-corrected chi connectivity index (χ0v) is 16.0. The summed E-state index contributed by atoms with van der Waals surface area (Å²) in [5, 5.41) is 9.13. The average molecular weight is 397 g/mol. The Morgan fingerprint density at radius 2 is 1.75 bits per heavy atom. The fraction of sp³-hybridized carbons (Fsp3) is 0.286. The molecule has 2 N–H and O–H groups in total. The molecule has 0 aliphatic carbocycles. The molecule has 144 valence electrons. The van der Waals surface area contributed by atoms with Gasteiger partial charge in [0.2, 0.25) is 17.7 Å². The van der Waals surface area contributed by atoms with Crippen LogP contribution in [0.25, 0.3) is 11.5 Å². The Kier molecular flexibility index (Phi) is 5.41. The minimum atomic E-state index is -0.227. The standard InChI is InChI=1S/C21H21ClN4O2/c22-17-9-5-4-8-16(17)20-24-25-21(28-20)18(14-6-2-1-3-7-14)26-12-10-15(11-13-26)19(23)27/h1-9,15,18H,10-13H2,(H2,23,27)/t18-/m1/s1. The summed E-state index contributed by atoms with van der Waals surface area (Å²) in [6, 6.07) is 17.3. The van der Waals surface area contributed by atoms with Gasteiger partial charge in [0.1, 0.15) is 6.04 Å². The van der Waals surface area contributed by atoms with Crippen LogP contribution >= 0.6 is 11.6 Å². The minimum absolute atomic E-state index is 0.0750. The summed E-state index contributed by atoms with van der Waals surface area (Å²) in [5.74, 6) is 0.607. The summed E-state index contributed by atoms with van der Waals surface area (Å²) < 4.78 is 6.05. The van der Waals surface area contributed by atoms with Gasteiger partial charge in [-0.2, -0.15) is 0 Å². The number of carbonyl (C=O) groups excluding carboxylic acids is 1. The smallest absolute Gasteiger partial charge is 0.249 e. The highest BCUT2D eigenvalue weighted by Gasteiger charge is 2.32. The number of aromatic nitrogens is 2. The first-order valence-electron chi connectivity index (χ1n) is 9.30. The first kappa shape index (κ1) is 18.7. The van der Waals surface area contributed by atoms with Crippen molar-refractivity contribution in [2.24, 2.45) is 11.7 Å². The fourth-order valence-corrected chi connectivity index (χ4v) is 3.89. The third kappa shape index (κ3) is 3.79. The monoisotopic (exact) mass is 396 g/mol. The number of rotatable bonds is 5. The Bertz CT molecular complexity index is 952. The molecule has 2 aromatic carbocycles. The zero-order valence-electron chi connectivity index (χ0n) is 15.3. The van der Waals surface area contributed by atoms with Gasteiger partial charge >= 0.3 is 0 Å². The summed E-state index contributed by atoms with van der Waals surface area (Å²) in [7, 11) is 0. The molecule has 1 fully saturated rings. The predicted molar refractivity (Wildman–Crippen MR) is 107 cm³/mol. The molecule has 0 bridgehead atoms. The minimum Gasteiger partial charge on any atom is -0.419 e. The first-order chi connectivity index (χ1) is 13.6. The third-order valence-electron chi connectivity index (χ3n) is 5.19. The van der Waals surface area contributed by atoms with Crippen LogP contribution in [0.4, 0.5) is 0 Å². The van der Waals surface area contributed by atoms with Gasteiger partial charge in [-0.1, -0.05) is 54.1 Å². The van der Waals surface area contributed by atoms with E-state index in [9.17, 15) is 4.79 Å². The van der Waals surface area contributed by atoms with Crippen molar-refractivity contribution in [1.29, 1.82) is 0 Å². The number of carbonyl (C=O) groups is 1. The Morgan fingerprint density at radius 3 is 2.43 bits per heavy atom. The molecule has 28 heavy (non-hydrogen) atoms. The summed E-state index contributed by atoms with van der Waals surface area (Å²) in [6.07, 6.45) is 1.45. The Labute approximate surface area is 168 Å². The van der Waals surface area contributed by atoms with Gasteiger partial charge in [-0.3, -0.25) is 9.69 Å². The molecule has 1 aliphatic rings. The van der Waals surface area contributed by atoms with E-state index in [1.807, 2.05) is 48.5 Å². The van der Waals surface area contributed by atoms with E-state index in [0.29, 0.717) is 22.4 Å². The maximum Gasteiger partial charge on any atom is 0.249 e. The Hall–Kier alpha value is -2.70. The number of likely N-dealkylation sites (tertiary alicyclic amines) is 1. The summed E-state index contributed by atoms with van der Waals surface area (Å²) in [4.78, 5) is 13.8. The van der Waals surface area contributed by atoms with E-state index in [-0.39, 0.29) is 17.9 Å². The topological polar surface area (TPSA) is 85.3 Å². The highest BCUT2D eigenvalue weighted by atomic mass is 35.5. The zero-order chi connectivity index (χ0) is 19.5. The van der Waals surface area contributed by atoms with Crippen molar-refractivity contribution in [3.63, 3.8) is 0 Å². The molecule has 6 nitrogen and oxygen atoms in total. The van der Waals surface area contributed by atoms with Crippen LogP contribution < -0.4 is 5.73 Å². The van der Waals surface area contributed by atoms with E-state index >= 15 is 0 Å². The van der Waals surface area contributed by atoms with Crippen LogP contribution in [0, 0.1) is 5.92 Å². The summed E-state index contributed by atoms with van der Waals surface area (Å²) >= 11 is 6.28. The van der Waals surface area contributed by atoms with Crippen molar-refractivity contribution in [3.8, 4) is 11.5 Å². The third-order valence-corrected chi connectivity index (χ3v) is 5.52. The van der Waals surface area contributed by atoms with Crippen molar-refractivity contribution >= 4 is 17.5 Å². The molecule has 1 saturated heterocycles. The van der Waals surface area contributed by atoms with Crippen LogP contribution in [-0.4, -0.2) is 34.1 Å². The molecular weight excluding hydrogens is 376 g/mol. The van der Waals surface area contributed by atoms with Gasteiger partial charge in [0.15, 0.2) is 0 Å². The van der Waals surface area contributed by atoms with Gasteiger partial charge in [-0.25, -0.2) is 0 Å². The van der Waals surface area contributed by atoms with Gasteiger partial charge < -0.3 is 10.2 Å². The van der Waals surface area contributed by atoms with E-state index in [1.54, 1.807) is 6.07 Å². The van der Waals surface area contributed by atoms with E-state index in [1.165, 1.54) is 0 Å². The Balaban J connectivity index is 1.66. The average Bonchev–Trinajstić information content (AvgIpc) is 3.19. The molecular formula is C21H21ClN4O2. The van der Waals surface area contributed by atoms with Crippen molar-refractivity contribution in [2.45, 2.75) is 18.9 Å².